The summed E-state index contributed by atoms with van der Waals surface area (Å²) < 4.78 is 37.7. The average molecular weight is 430 g/mol. The molecule has 6 rings (SSSR count). The Bertz CT molecular complexity index is 1170. The summed E-state index contributed by atoms with van der Waals surface area (Å²) in [6, 6.07) is 3.07. The second-order valence-corrected chi connectivity index (χ2v) is 8.82. The van der Waals surface area contributed by atoms with Gasteiger partial charge in [0.25, 0.3) is 0 Å². The molecule has 2 fully saturated rings. The van der Waals surface area contributed by atoms with Crippen LogP contribution < -0.4 is 15.2 Å². The number of hydrogen-bond acceptors (Lipinski definition) is 7. The minimum atomic E-state index is -3.72. The molecule has 1 aliphatic carbocycles. The number of benzene rings is 1. The zero-order chi connectivity index (χ0) is 21.2. The lowest BCUT2D eigenvalue weighted by Crippen LogP contribution is -2.46. The van der Waals surface area contributed by atoms with Crippen LogP contribution in [0.15, 0.2) is 12.1 Å². The average Bonchev–Trinajstić information content (AvgIpc) is 3.42. The molecule has 1 aromatic carbocycles. The topological polar surface area (TPSA) is 90.8 Å². The first-order valence-electron chi connectivity index (χ1n) is 10.9. The number of aromatic nitrogens is 4. The molecule has 164 valence electrons. The summed E-state index contributed by atoms with van der Waals surface area (Å²) in [6.07, 6.45) is 6.04. The number of nitrogens with two attached hydrogens (primary N) is 1. The van der Waals surface area contributed by atoms with E-state index in [4.69, 9.17) is 5.73 Å². The van der Waals surface area contributed by atoms with Crippen LogP contribution in [-0.4, -0.2) is 49.4 Å². The van der Waals surface area contributed by atoms with Crippen molar-refractivity contribution in [3.05, 3.63) is 18.0 Å². The van der Waals surface area contributed by atoms with Crippen LogP contribution >= 0.6 is 0 Å². The Morgan fingerprint density at radius 3 is 2.68 bits per heavy atom. The first-order valence-corrected chi connectivity index (χ1v) is 10.9. The van der Waals surface area contributed by atoms with Crippen molar-refractivity contribution in [1.29, 1.82) is 0 Å². The van der Waals surface area contributed by atoms with Crippen LogP contribution in [0.3, 0.4) is 0 Å². The Morgan fingerprint density at radius 1 is 1.03 bits per heavy atom. The number of ether oxygens (including phenoxy) is 2. The standard InChI is InChI=1S/C21H24F2N6O2/c22-21(23)30-14-6-5-13-16(17(14)31-21)26-19(24)29-18(13)25-15(27-29)7-12-28-11-4-10-20(28)8-2-1-3-9-20/h5-6H,1-4,7-12H2,(H2,24,26). The summed E-state index contributed by atoms with van der Waals surface area (Å²) in [5, 5.41) is 5.09. The summed E-state index contributed by atoms with van der Waals surface area (Å²) >= 11 is 0. The van der Waals surface area contributed by atoms with Gasteiger partial charge in [-0.05, 0) is 44.4 Å². The second-order valence-electron chi connectivity index (χ2n) is 8.82. The Balaban J connectivity index is 1.32. The van der Waals surface area contributed by atoms with Gasteiger partial charge < -0.3 is 15.2 Å². The minimum absolute atomic E-state index is 0.0680. The number of fused-ring (bicyclic) bond motifs is 5. The molecular weight excluding hydrogens is 406 g/mol. The van der Waals surface area contributed by atoms with Gasteiger partial charge >= 0.3 is 6.29 Å². The quantitative estimate of drug-likeness (QED) is 0.680. The van der Waals surface area contributed by atoms with Crippen LogP contribution in [0.2, 0.25) is 0 Å². The first kappa shape index (κ1) is 19.0. The van der Waals surface area contributed by atoms with Gasteiger partial charge in [0, 0.05) is 23.9 Å². The molecule has 3 aromatic rings. The third-order valence-electron chi connectivity index (χ3n) is 7.01. The molecule has 8 nitrogen and oxygen atoms in total. The lowest BCUT2D eigenvalue weighted by atomic mass is 9.80. The fourth-order valence-electron chi connectivity index (χ4n) is 5.60. The normalized spacial score (nSPS) is 22.1. The van der Waals surface area contributed by atoms with E-state index in [1.807, 2.05) is 0 Å². The largest absolute Gasteiger partial charge is 0.586 e. The van der Waals surface area contributed by atoms with Crippen molar-refractivity contribution in [2.24, 2.45) is 0 Å². The molecule has 0 radical (unpaired) electrons. The zero-order valence-corrected chi connectivity index (χ0v) is 17.1. The molecule has 2 aliphatic heterocycles. The van der Waals surface area contributed by atoms with Crippen LogP contribution in [-0.2, 0) is 6.42 Å². The van der Waals surface area contributed by atoms with E-state index in [2.05, 4.69) is 29.4 Å². The van der Waals surface area contributed by atoms with Gasteiger partial charge in [0.1, 0.15) is 5.52 Å². The van der Waals surface area contributed by atoms with Gasteiger partial charge in [0.05, 0.1) is 0 Å². The van der Waals surface area contributed by atoms with Crippen molar-refractivity contribution < 1.29 is 18.3 Å². The van der Waals surface area contributed by atoms with Crippen molar-refractivity contribution in [3.8, 4) is 11.5 Å². The van der Waals surface area contributed by atoms with E-state index < -0.39 is 6.29 Å². The highest BCUT2D eigenvalue weighted by molar-refractivity contribution is 5.97. The van der Waals surface area contributed by atoms with Crippen LogP contribution in [0.4, 0.5) is 14.7 Å². The SMILES string of the molecule is Nc1nc2c3c(ccc2c2nc(CCN4CCCC45CCCCC5)nn12)OC(F)(F)O3. The van der Waals surface area contributed by atoms with Crippen LogP contribution in [0, 0.1) is 0 Å². The fourth-order valence-corrected chi connectivity index (χ4v) is 5.60. The molecule has 2 N–H and O–H groups in total. The molecule has 4 heterocycles. The van der Waals surface area contributed by atoms with Crippen molar-refractivity contribution in [1.82, 2.24) is 24.5 Å². The maximum atomic E-state index is 13.5. The predicted octanol–water partition coefficient (Wildman–Crippen LogP) is 3.52. The highest BCUT2D eigenvalue weighted by Crippen LogP contribution is 2.46. The Morgan fingerprint density at radius 2 is 1.84 bits per heavy atom. The van der Waals surface area contributed by atoms with E-state index in [0.717, 1.165) is 13.1 Å². The fraction of sp³-hybridized carbons (Fsp3) is 0.571. The number of likely N-dealkylation sites (tertiary alicyclic amines) is 1. The molecule has 0 atom stereocenters. The third-order valence-corrected chi connectivity index (χ3v) is 7.01. The third kappa shape index (κ3) is 2.99. The molecule has 2 aromatic heterocycles. The zero-order valence-electron chi connectivity index (χ0n) is 17.1. The molecule has 0 bridgehead atoms. The van der Waals surface area contributed by atoms with E-state index in [-0.39, 0.29) is 23.0 Å². The summed E-state index contributed by atoms with van der Waals surface area (Å²) in [5.74, 6) is 0.540. The number of halogens is 2. The number of alkyl halides is 2. The number of hydrogen-bond donors (Lipinski definition) is 1. The van der Waals surface area contributed by atoms with Crippen LogP contribution in [0.1, 0.15) is 50.8 Å². The molecule has 1 saturated heterocycles. The number of nitrogen functional groups attached to an aromatic ring is 1. The number of rotatable bonds is 3. The summed E-state index contributed by atoms with van der Waals surface area (Å²) in [4.78, 5) is 11.6. The van der Waals surface area contributed by atoms with Crippen molar-refractivity contribution in [2.75, 3.05) is 18.8 Å². The van der Waals surface area contributed by atoms with Gasteiger partial charge in [0.2, 0.25) is 5.95 Å². The van der Waals surface area contributed by atoms with Gasteiger partial charge in [-0.15, -0.1) is 13.9 Å². The van der Waals surface area contributed by atoms with Gasteiger partial charge in [0.15, 0.2) is 23.0 Å². The monoisotopic (exact) mass is 430 g/mol. The summed E-state index contributed by atoms with van der Waals surface area (Å²) in [6.45, 7) is 2.03. The molecule has 0 unspecified atom stereocenters. The number of anilines is 1. The van der Waals surface area contributed by atoms with Crippen molar-refractivity contribution in [2.45, 2.75) is 63.2 Å². The second kappa shape index (κ2) is 6.62. The molecule has 1 spiro atoms. The van der Waals surface area contributed by atoms with Gasteiger partial charge in [-0.1, -0.05) is 19.3 Å². The minimum Gasteiger partial charge on any atom is -0.395 e. The molecular formula is C21H24F2N6O2. The highest BCUT2D eigenvalue weighted by Gasteiger charge is 2.45. The first-order chi connectivity index (χ1) is 14.9. The Hall–Kier alpha value is -2.75. The predicted molar refractivity (Wildman–Crippen MR) is 109 cm³/mol. The molecule has 3 aliphatic rings. The van der Waals surface area contributed by atoms with Gasteiger partial charge in [-0.2, -0.15) is 4.52 Å². The lowest BCUT2D eigenvalue weighted by Gasteiger charge is -2.41. The van der Waals surface area contributed by atoms with E-state index in [1.165, 1.54) is 55.5 Å². The highest BCUT2D eigenvalue weighted by atomic mass is 19.3. The van der Waals surface area contributed by atoms with E-state index >= 15 is 0 Å². The maximum absolute atomic E-state index is 13.5. The van der Waals surface area contributed by atoms with Gasteiger partial charge in [-0.25, -0.2) is 9.97 Å². The van der Waals surface area contributed by atoms with E-state index in [1.54, 1.807) is 6.07 Å². The summed E-state index contributed by atoms with van der Waals surface area (Å²) in [7, 11) is 0. The summed E-state index contributed by atoms with van der Waals surface area (Å²) in [5.41, 5.74) is 7.11. The van der Waals surface area contributed by atoms with Crippen LogP contribution in [0.25, 0.3) is 16.6 Å². The number of nitrogens with zero attached hydrogens (tertiary/aromatic N) is 5. The smallest absolute Gasteiger partial charge is 0.395 e. The molecule has 31 heavy (non-hydrogen) atoms. The van der Waals surface area contributed by atoms with Crippen molar-refractivity contribution in [3.63, 3.8) is 0 Å². The molecule has 1 saturated carbocycles. The van der Waals surface area contributed by atoms with Crippen LogP contribution in [0.5, 0.6) is 11.5 Å². The van der Waals surface area contributed by atoms with E-state index in [0.29, 0.717) is 28.8 Å². The Kier molecular flexibility index (Phi) is 4.05. The molecule has 0 amide bonds. The van der Waals surface area contributed by atoms with Crippen molar-refractivity contribution >= 4 is 22.5 Å². The molecule has 10 heteroatoms. The maximum Gasteiger partial charge on any atom is 0.586 e. The lowest BCUT2D eigenvalue weighted by molar-refractivity contribution is -0.286. The van der Waals surface area contributed by atoms with Gasteiger partial charge in [-0.3, -0.25) is 4.90 Å². The van der Waals surface area contributed by atoms with E-state index in [9.17, 15) is 8.78 Å². The Labute approximate surface area is 177 Å².